The Kier molecular flexibility index (Phi) is 7.99. The summed E-state index contributed by atoms with van der Waals surface area (Å²) < 4.78 is 65.9. The van der Waals surface area contributed by atoms with Gasteiger partial charge in [0.25, 0.3) is 0 Å². The molecule has 0 aromatic heterocycles. The first-order chi connectivity index (χ1) is 9.35. The molecule has 0 aliphatic carbocycles. The second kappa shape index (κ2) is 8.19. The monoisotopic (exact) mass is 336 g/mol. The highest BCUT2D eigenvalue weighted by molar-refractivity contribution is 7.99. The van der Waals surface area contributed by atoms with Gasteiger partial charge in [-0.3, -0.25) is 4.79 Å². The summed E-state index contributed by atoms with van der Waals surface area (Å²) in [6.07, 6.45) is -6.10. The lowest BCUT2D eigenvalue weighted by atomic mass is 10.1. The van der Waals surface area contributed by atoms with Crippen molar-refractivity contribution < 1.29 is 31.5 Å². The maximum Gasteiger partial charge on any atom is 0.453 e. The summed E-state index contributed by atoms with van der Waals surface area (Å²) in [6, 6.07) is 0. The Bertz CT molecular complexity index is 324. The van der Waals surface area contributed by atoms with E-state index in [1.54, 1.807) is 20.8 Å². The molecule has 2 nitrogen and oxygen atoms in total. The third-order valence-electron chi connectivity index (χ3n) is 2.33. The zero-order chi connectivity index (χ0) is 16.7. The van der Waals surface area contributed by atoms with Crippen LogP contribution in [-0.4, -0.2) is 35.2 Å². The smallest absolute Gasteiger partial charge is 0.453 e. The molecule has 0 fully saturated rings. The Labute approximate surface area is 125 Å². The Morgan fingerprint density at radius 3 is 2.05 bits per heavy atom. The minimum Gasteiger partial charge on any atom is -0.459 e. The first kappa shape index (κ1) is 20.5. The largest absolute Gasteiger partial charge is 0.459 e. The lowest BCUT2D eigenvalue weighted by molar-refractivity contribution is -0.284. The molecule has 0 aliphatic heterocycles. The maximum atomic E-state index is 12.6. The van der Waals surface area contributed by atoms with Gasteiger partial charge in [-0.25, -0.2) is 0 Å². The summed E-state index contributed by atoms with van der Waals surface area (Å²) in [4.78, 5) is 11.3. The fourth-order valence-electron chi connectivity index (χ4n) is 1.40. The topological polar surface area (TPSA) is 26.3 Å². The first-order valence-corrected chi connectivity index (χ1v) is 7.75. The molecule has 21 heavy (non-hydrogen) atoms. The minimum absolute atomic E-state index is 0.149. The van der Waals surface area contributed by atoms with Crippen LogP contribution in [0.3, 0.4) is 0 Å². The average molecular weight is 336 g/mol. The Morgan fingerprint density at radius 2 is 1.57 bits per heavy atom. The van der Waals surface area contributed by atoms with Gasteiger partial charge in [-0.05, 0) is 39.4 Å². The second-order valence-electron chi connectivity index (χ2n) is 5.65. The average Bonchev–Trinajstić information content (AvgIpc) is 2.23. The van der Waals surface area contributed by atoms with Crippen LogP contribution in [0.25, 0.3) is 0 Å². The predicted octanol–water partition coefficient (Wildman–Crippen LogP) is 4.82. The Morgan fingerprint density at radius 1 is 1.00 bits per heavy atom. The zero-order valence-corrected chi connectivity index (χ0v) is 13.2. The molecule has 0 spiro atoms. The van der Waals surface area contributed by atoms with E-state index in [1.165, 1.54) is 11.8 Å². The van der Waals surface area contributed by atoms with Crippen LogP contribution < -0.4 is 0 Å². The van der Waals surface area contributed by atoms with E-state index < -0.39 is 24.1 Å². The number of alkyl halides is 5. The number of hydrogen-bond donors (Lipinski definition) is 0. The van der Waals surface area contributed by atoms with E-state index in [-0.39, 0.29) is 24.6 Å². The van der Waals surface area contributed by atoms with Crippen molar-refractivity contribution in [3.63, 3.8) is 0 Å². The molecule has 0 rings (SSSR count). The fraction of sp³-hybridized carbons (Fsp3) is 0.923. The van der Waals surface area contributed by atoms with Gasteiger partial charge < -0.3 is 4.74 Å². The minimum atomic E-state index is -5.47. The number of rotatable bonds is 8. The van der Waals surface area contributed by atoms with E-state index in [1.807, 2.05) is 0 Å². The number of hydrogen-bond acceptors (Lipinski definition) is 3. The van der Waals surface area contributed by atoms with Crippen molar-refractivity contribution in [1.29, 1.82) is 0 Å². The fourth-order valence-corrected chi connectivity index (χ4v) is 2.17. The molecule has 0 saturated carbocycles. The van der Waals surface area contributed by atoms with E-state index >= 15 is 0 Å². The van der Waals surface area contributed by atoms with Gasteiger partial charge in [0.15, 0.2) is 0 Å². The number of esters is 1. The highest BCUT2D eigenvalue weighted by atomic mass is 32.2. The number of carbonyl (C=O) groups is 1. The maximum absolute atomic E-state index is 12.6. The molecule has 0 unspecified atom stereocenters. The molecule has 0 heterocycles. The number of halogens is 5. The standard InChI is InChI=1S/C13H21F5O2S/c1-11(2,3)20-10(19)9-21-8-6-4-5-7-12(14,15)13(16,17)18/h4-9H2,1-3H3. The van der Waals surface area contributed by atoms with E-state index in [4.69, 9.17) is 4.74 Å². The van der Waals surface area contributed by atoms with Crippen LogP contribution in [0.2, 0.25) is 0 Å². The predicted molar refractivity (Wildman–Crippen MR) is 72.6 cm³/mol. The Hall–Kier alpha value is -0.530. The molecule has 0 N–H and O–H groups in total. The molecule has 0 aromatic carbocycles. The highest BCUT2D eigenvalue weighted by Crippen LogP contribution is 2.39. The van der Waals surface area contributed by atoms with Crippen molar-refractivity contribution in [2.45, 2.75) is 64.2 Å². The summed E-state index contributed by atoms with van der Waals surface area (Å²) in [5.41, 5.74) is -0.555. The number of ether oxygens (including phenoxy) is 1. The van der Waals surface area contributed by atoms with Crippen LogP contribution in [0.15, 0.2) is 0 Å². The first-order valence-electron chi connectivity index (χ1n) is 6.59. The summed E-state index contributed by atoms with van der Waals surface area (Å²) in [6.45, 7) is 5.24. The van der Waals surface area contributed by atoms with E-state index in [9.17, 15) is 26.7 Å². The van der Waals surface area contributed by atoms with Gasteiger partial charge in [0.2, 0.25) is 0 Å². The molecule has 8 heteroatoms. The highest BCUT2D eigenvalue weighted by Gasteiger charge is 2.56. The second-order valence-corrected chi connectivity index (χ2v) is 6.76. The van der Waals surface area contributed by atoms with Crippen LogP contribution in [0.5, 0.6) is 0 Å². The van der Waals surface area contributed by atoms with Crippen molar-refractivity contribution in [2.75, 3.05) is 11.5 Å². The lowest BCUT2D eigenvalue weighted by Crippen LogP contribution is -2.36. The van der Waals surface area contributed by atoms with Crippen molar-refractivity contribution in [3.8, 4) is 0 Å². The molecule has 0 saturated heterocycles. The quantitative estimate of drug-likeness (QED) is 0.361. The normalized spacial score (nSPS) is 13.3. The third-order valence-corrected chi connectivity index (χ3v) is 3.35. The van der Waals surface area contributed by atoms with Gasteiger partial charge >= 0.3 is 18.1 Å². The molecule has 126 valence electrons. The SMILES string of the molecule is CC(C)(C)OC(=O)CSCCCCCC(F)(F)C(F)(F)F. The van der Waals surface area contributed by atoms with Gasteiger partial charge in [-0.15, -0.1) is 0 Å². The molecule has 0 bridgehead atoms. The molecular formula is C13H21F5O2S. The van der Waals surface area contributed by atoms with Crippen LogP contribution in [0.4, 0.5) is 22.0 Å². The third kappa shape index (κ3) is 9.92. The molecule has 0 atom stereocenters. The summed E-state index contributed by atoms with van der Waals surface area (Å²) >= 11 is 1.28. The molecular weight excluding hydrogens is 315 g/mol. The van der Waals surface area contributed by atoms with Crippen LogP contribution >= 0.6 is 11.8 Å². The van der Waals surface area contributed by atoms with Crippen molar-refractivity contribution >= 4 is 17.7 Å². The van der Waals surface area contributed by atoms with E-state index in [0.29, 0.717) is 12.2 Å². The van der Waals surface area contributed by atoms with Gasteiger partial charge in [-0.2, -0.15) is 33.7 Å². The van der Waals surface area contributed by atoms with Crippen LogP contribution in [0.1, 0.15) is 46.5 Å². The number of unbranched alkanes of at least 4 members (excludes halogenated alkanes) is 2. The Balaban J connectivity index is 3.64. The van der Waals surface area contributed by atoms with E-state index in [0.717, 1.165) is 0 Å². The zero-order valence-electron chi connectivity index (χ0n) is 12.4. The summed E-state index contributed by atoms with van der Waals surface area (Å²) in [5, 5.41) is 0. The van der Waals surface area contributed by atoms with Crippen LogP contribution in [-0.2, 0) is 9.53 Å². The van der Waals surface area contributed by atoms with Crippen LogP contribution in [0, 0.1) is 0 Å². The molecule has 0 amide bonds. The summed E-state index contributed by atoms with van der Waals surface area (Å²) in [5.74, 6) is -4.31. The number of carbonyl (C=O) groups excluding carboxylic acids is 1. The van der Waals surface area contributed by atoms with Crippen molar-refractivity contribution in [3.05, 3.63) is 0 Å². The lowest BCUT2D eigenvalue weighted by Gasteiger charge is -2.19. The van der Waals surface area contributed by atoms with Crippen molar-refractivity contribution in [1.82, 2.24) is 0 Å². The molecule has 0 aromatic rings. The van der Waals surface area contributed by atoms with Gasteiger partial charge in [-0.1, -0.05) is 6.42 Å². The van der Waals surface area contributed by atoms with Crippen molar-refractivity contribution in [2.24, 2.45) is 0 Å². The van der Waals surface area contributed by atoms with E-state index in [2.05, 4.69) is 0 Å². The van der Waals surface area contributed by atoms with Gasteiger partial charge in [0.1, 0.15) is 5.60 Å². The van der Waals surface area contributed by atoms with Gasteiger partial charge in [0, 0.05) is 6.42 Å². The molecule has 0 aliphatic rings. The summed E-state index contributed by atoms with van der Waals surface area (Å²) in [7, 11) is 0. The van der Waals surface area contributed by atoms with Gasteiger partial charge in [0.05, 0.1) is 5.75 Å². The number of thioether (sulfide) groups is 1. The molecule has 0 radical (unpaired) electrons.